The second kappa shape index (κ2) is 5.60. The number of anilines is 1. The summed E-state index contributed by atoms with van der Waals surface area (Å²) in [5, 5.41) is 13.5. The molecular weight excluding hydrogens is 266 g/mol. The minimum atomic E-state index is -0.712. The third kappa shape index (κ3) is 2.91. The average molecular weight is 285 g/mol. The second-order valence-corrected chi connectivity index (χ2v) is 5.59. The van der Waals surface area contributed by atoms with E-state index in [1.54, 1.807) is 4.68 Å². The molecule has 0 aliphatic carbocycles. The number of aliphatic carboxylic acids is 1. The third-order valence-corrected chi connectivity index (χ3v) is 4.02. The van der Waals surface area contributed by atoms with Gasteiger partial charge >= 0.3 is 5.97 Å². The molecule has 3 rings (SSSR count). The van der Waals surface area contributed by atoms with Crippen LogP contribution in [-0.2, 0) is 24.7 Å². The van der Waals surface area contributed by atoms with Gasteiger partial charge in [0.2, 0.25) is 0 Å². The monoisotopic (exact) mass is 285 g/mol. The summed E-state index contributed by atoms with van der Waals surface area (Å²) in [5.41, 5.74) is 3.47. The van der Waals surface area contributed by atoms with Crippen LogP contribution in [0.1, 0.15) is 11.1 Å². The number of para-hydroxylation sites is 1. The fourth-order valence-electron chi connectivity index (χ4n) is 2.93. The van der Waals surface area contributed by atoms with E-state index in [0.29, 0.717) is 13.0 Å². The van der Waals surface area contributed by atoms with Crippen LogP contribution in [0, 0.1) is 5.92 Å². The molecule has 5 nitrogen and oxygen atoms in total. The molecule has 0 saturated heterocycles. The van der Waals surface area contributed by atoms with Crippen LogP contribution in [0.5, 0.6) is 0 Å². The minimum absolute atomic E-state index is 0.325. The number of aromatic nitrogens is 2. The summed E-state index contributed by atoms with van der Waals surface area (Å²) in [6.07, 6.45) is 5.36. The molecule has 1 aromatic carbocycles. The van der Waals surface area contributed by atoms with Crippen molar-refractivity contribution in [2.75, 3.05) is 18.0 Å². The summed E-state index contributed by atoms with van der Waals surface area (Å²) in [6, 6.07) is 8.09. The van der Waals surface area contributed by atoms with Crippen LogP contribution in [-0.4, -0.2) is 33.9 Å². The van der Waals surface area contributed by atoms with Gasteiger partial charge in [0.05, 0.1) is 12.1 Å². The van der Waals surface area contributed by atoms with Crippen LogP contribution in [0.3, 0.4) is 0 Å². The molecule has 1 aliphatic heterocycles. The van der Waals surface area contributed by atoms with Crippen LogP contribution in [0.25, 0.3) is 0 Å². The van der Waals surface area contributed by atoms with Gasteiger partial charge in [-0.25, -0.2) is 0 Å². The Bertz CT molecular complexity index is 650. The Labute approximate surface area is 123 Å². The number of rotatable bonds is 4. The van der Waals surface area contributed by atoms with Gasteiger partial charge in [0.15, 0.2) is 0 Å². The van der Waals surface area contributed by atoms with E-state index in [1.807, 2.05) is 37.6 Å². The number of hydrogen-bond acceptors (Lipinski definition) is 3. The Hall–Kier alpha value is -2.30. The summed E-state index contributed by atoms with van der Waals surface area (Å²) < 4.78 is 1.79. The maximum Gasteiger partial charge on any atom is 0.308 e. The molecule has 0 bridgehead atoms. The van der Waals surface area contributed by atoms with E-state index >= 15 is 0 Å². The quantitative estimate of drug-likeness (QED) is 0.929. The topological polar surface area (TPSA) is 58.4 Å². The summed E-state index contributed by atoms with van der Waals surface area (Å²) in [4.78, 5) is 13.5. The predicted octanol–water partition coefficient (Wildman–Crippen LogP) is 1.73. The van der Waals surface area contributed by atoms with Gasteiger partial charge in [-0.3, -0.25) is 9.48 Å². The predicted molar refractivity (Wildman–Crippen MR) is 80.4 cm³/mol. The van der Waals surface area contributed by atoms with Gasteiger partial charge in [-0.1, -0.05) is 18.2 Å². The molecule has 1 aromatic heterocycles. The first-order chi connectivity index (χ1) is 10.1. The number of aryl methyl sites for hydroxylation is 1. The SMILES string of the molecule is Cn1cc(CCN2CC(C(=O)O)Cc3ccccc32)cn1. The summed E-state index contributed by atoms with van der Waals surface area (Å²) in [6.45, 7) is 1.39. The van der Waals surface area contributed by atoms with Crippen LogP contribution in [0.15, 0.2) is 36.7 Å². The largest absolute Gasteiger partial charge is 0.481 e. The summed E-state index contributed by atoms with van der Waals surface area (Å²) in [5.74, 6) is -1.04. The molecule has 110 valence electrons. The van der Waals surface area contributed by atoms with Crippen molar-refractivity contribution < 1.29 is 9.90 Å². The van der Waals surface area contributed by atoms with Crippen molar-refractivity contribution in [3.63, 3.8) is 0 Å². The Balaban J connectivity index is 1.78. The lowest BCUT2D eigenvalue weighted by Gasteiger charge is -2.34. The fraction of sp³-hybridized carbons (Fsp3) is 0.375. The smallest absolute Gasteiger partial charge is 0.308 e. The molecule has 2 heterocycles. The van der Waals surface area contributed by atoms with Gasteiger partial charge in [-0.15, -0.1) is 0 Å². The number of carboxylic acid groups (broad SMARTS) is 1. The molecule has 0 fully saturated rings. The second-order valence-electron chi connectivity index (χ2n) is 5.59. The van der Waals surface area contributed by atoms with Gasteiger partial charge < -0.3 is 10.0 Å². The first-order valence-corrected chi connectivity index (χ1v) is 7.16. The van der Waals surface area contributed by atoms with E-state index in [2.05, 4.69) is 16.1 Å². The average Bonchev–Trinajstić information content (AvgIpc) is 2.90. The molecule has 0 amide bonds. The Morgan fingerprint density at radius 3 is 2.95 bits per heavy atom. The van der Waals surface area contributed by atoms with Crippen LogP contribution < -0.4 is 4.90 Å². The Morgan fingerprint density at radius 1 is 1.43 bits per heavy atom. The number of carbonyl (C=O) groups is 1. The highest BCUT2D eigenvalue weighted by atomic mass is 16.4. The maximum atomic E-state index is 11.3. The van der Waals surface area contributed by atoms with Gasteiger partial charge in [0.1, 0.15) is 0 Å². The lowest BCUT2D eigenvalue weighted by molar-refractivity contribution is -0.141. The minimum Gasteiger partial charge on any atom is -0.481 e. The van der Waals surface area contributed by atoms with Crippen molar-refractivity contribution in [2.45, 2.75) is 12.8 Å². The number of hydrogen-bond donors (Lipinski definition) is 1. The van der Waals surface area contributed by atoms with E-state index < -0.39 is 5.97 Å². The van der Waals surface area contributed by atoms with Crippen LogP contribution in [0.4, 0.5) is 5.69 Å². The molecule has 5 heteroatoms. The molecule has 1 N–H and O–H groups in total. The van der Waals surface area contributed by atoms with E-state index in [1.165, 1.54) is 11.3 Å². The van der Waals surface area contributed by atoms with Crippen molar-refractivity contribution in [1.29, 1.82) is 0 Å². The number of nitrogens with zero attached hydrogens (tertiary/aromatic N) is 3. The Morgan fingerprint density at radius 2 is 2.24 bits per heavy atom. The standard InChI is InChI=1S/C16H19N3O2/c1-18-10-12(9-17-18)6-7-19-11-14(16(20)21)8-13-4-2-3-5-15(13)19/h2-5,9-10,14H,6-8,11H2,1H3,(H,20,21). The first-order valence-electron chi connectivity index (χ1n) is 7.16. The van der Waals surface area contributed by atoms with Crippen molar-refractivity contribution in [2.24, 2.45) is 13.0 Å². The van der Waals surface area contributed by atoms with Crippen molar-refractivity contribution in [3.05, 3.63) is 47.8 Å². The third-order valence-electron chi connectivity index (χ3n) is 4.02. The molecule has 0 saturated carbocycles. The van der Waals surface area contributed by atoms with E-state index in [4.69, 9.17) is 0 Å². The number of carboxylic acids is 1. The van der Waals surface area contributed by atoms with Gasteiger partial charge in [0, 0.05) is 32.0 Å². The van der Waals surface area contributed by atoms with Crippen LogP contribution in [0.2, 0.25) is 0 Å². The highest BCUT2D eigenvalue weighted by molar-refractivity contribution is 5.73. The van der Waals surface area contributed by atoms with Gasteiger partial charge in [-0.2, -0.15) is 5.10 Å². The highest BCUT2D eigenvalue weighted by Gasteiger charge is 2.28. The van der Waals surface area contributed by atoms with Gasteiger partial charge in [0.25, 0.3) is 0 Å². The lowest BCUT2D eigenvalue weighted by atomic mass is 9.92. The van der Waals surface area contributed by atoms with Crippen molar-refractivity contribution in [1.82, 2.24) is 9.78 Å². The molecule has 0 radical (unpaired) electrons. The zero-order valence-electron chi connectivity index (χ0n) is 12.1. The first kappa shape index (κ1) is 13.7. The van der Waals surface area contributed by atoms with Crippen molar-refractivity contribution in [3.8, 4) is 0 Å². The molecule has 1 unspecified atom stereocenters. The van der Waals surface area contributed by atoms with Gasteiger partial charge in [-0.05, 0) is 30.0 Å². The molecule has 1 atom stereocenters. The van der Waals surface area contributed by atoms with Crippen LogP contribution >= 0.6 is 0 Å². The van der Waals surface area contributed by atoms with Crippen molar-refractivity contribution >= 4 is 11.7 Å². The zero-order valence-corrected chi connectivity index (χ0v) is 12.1. The number of fused-ring (bicyclic) bond motifs is 1. The zero-order chi connectivity index (χ0) is 14.8. The fourth-order valence-corrected chi connectivity index (χ4v) is 2.93. The molecular formula is C16H19N3O2. The highest BCUT2D eigenvalue weighted by Crippen LogP contribution is 2.29. The molecule has 1 aliphatic rings. The molecule has 0 spiro atoms. The molecule has 2 aromatic rings. The summed E-state index contributed by atoms with van der Waals surface area (Å²) in [7, 11) is 1.90. The van der Waals surface area contributed by atoms with E-state index in [-0.39, 0.29) is 5.92 Å². The van der Waals surface area contributed by atoms with E-state index in [9.17, 15) is 9.90 Å². The molecule has 21 heavy (non-hydrogen) atoms. The lowest BCUT2D eigenvalue weighted by Crippen LogP contribution is -2.40. The normalized spacial score (nSPS) is 17.6. The van der Waals surface area contributed by atoms with E-state index in [0.717, 1.165) is 18.5 Å². The maximum absolute atomic E-state index is 11.3. The number of benzene rings is 1. The summed E-state index contributed by atoms with van der Waals surface area (Å²) >= 11 is 0. The Kier molecular flexibility index (Phi) is 3.64.